The van der Waals surface area contributed by atoms with Crippen molar-refractivity contribution in [2.24, 2.45) is 0 Å². The van der Waals surface area contributed by atoms with Gasteiger partial charge in [0.2, 0.25) is 5.82 Å². The van der Waals surface area contributed by atoms with Gasteiger partial charge in [0.1, 0.15) is 18.1 Å². The molecule has 6 nitrogen and oxygen atoms in total. The summed E-state index contributed by atoms with van der Waals surface area (Å²) in [4.78, 5) is 13.2. The first kappa shape index (κ1) is 14.3. The summed E-state index contributed by atoms with van der Waals surface area (Å²) in [7, 11) is 0. The van der Waals surface area contributed by atoms with Crippen LogP contribution < -0.4 is 4.74 Å². The maximum absolute atomic E-state index is 5.81. The minimum Gasteiger partial charge on any atom is -0.487 e. The first-order valence-corrected chi connectivity index (χ1v) is 7.61. The van der Waals surface area contributed by atoms with Crippen LogP contribution in [0.15, 0.2) is 60.9 Å². The predicted molar refractivity (Wildman–Crippen MR) is 89.5 cm³/mol. The molecule has 0 unspecified atom stereocenters. The number of ether oxygens (including phenoxy) is 1. The Kier molecular flexibility index (Phi) is 3.63. The normalized spacial score (nSPS) is 10.9. The lowest BCUT2D eigenvalue weighted by atomic mass is 10.3. The van der Waals surface area contributed by atoms with E-state index in [-0.39, 0.29) is 0 Å². The smallest absolute Gasteiger partial charge is 0.200 e. The van der Waals surface area contributed by atoms with Gasteiger partial charge in [0.05, 0.1) is 5.69 Å². The number of fused-ring (bicyclic) bond motifs is 1. The summed E-state index contributed by atoms with van der Waals surface area (Å²) in [5.74, 6) is 1.32. The van der Waals surface area contributed by atoms with Gasteiger partial charge in [-0.25, -0.2) is 9.50 Å². The molecule has 0 radical (unpaired) electrons. The lowest BCUT2D eigenvalue weighted by molar-refractivity contribution is 0.301. The van der Waals surface area contributed by atoms with Crippen molar-refractivity contribution in [3.8, 4) is 17.3 Å². The molecule has 0 bridgehead atoms. The van der Waals surface area contributed by atoms with Crippen LogP contribution in [0.5, 0.6) is 5.75 Å². The molecule has 24 heavy (non-hydrogen) atoms. The van der Waals surface area contributed by atoms with Gasteiger partial charge in [0, 0.05) is 24.2 Å². The van der Waals surface area contributed by atoms with Crippen LogP contribution in [-0.2, 0) is 6.61 Å². The van der Waals surface area contributed by atoms with E-state index in [1.165, 1.54) is 0 Å². The van der Waals surface area contributed by atoms with Crippen LogP contribution in [0.4, 0.5) is 0 Å². The Bertz CT molecular complexity index is 981. The van der Waals surface area contributed by atoms with Gasteiger partial charge in [0.25, 0.3) is 0 Å². The zero-order valence-corrected chi connectivity index (χ0v) is 13.1. The van der Waals surface area contributed by atoms with Crippen molar-refractivity contribution < 1.29 is 4.74 Å². The third-order valence-corrected chi connectivity index (χ3v) is 3.54. The van der Waals surface area contributed by atoms with Crippen molar-refractivity contribution in [1.82, 2.24) is 24.6 Å². The van der Waals surface area contributed by atoms with Crippen LogP contribution in [0, 0.1) is 6.92 Å². The molecule has 118 valence electrons. The van der Waals surface area contributed by atoms with Gasteiger partial charge in [-0.1, -0.05) is 12.1 Å². The molecular weight excluding hydrogens is 302 g/mol. The number of nitrogens with zero attached hydrogens (tertiary/aromatic N) is 5. The Hall–Kier alpha value is -3.28. The Morgan fingerprint density at radius 1 is 1.04 bits per heavy atom. The Morgan fingerprint density at radius 2 is 2.00 bits per heavy atom. The van der Waals surface area contributed by atoms with Gasteiger partial charge >= 0.3 is 0 Å². The lowest BCUT2D eigenvalue weighted by Gasteiger charge is -2.06. The van der Waals surface area contributed by atoms with Crippen molar-refractivity contribution in [1.29, 1.82) is 0 Å². The average Bonchev–Trinajstić information content (AvgIpc) is 3.04. The van der Waals surface area contributed by atoms with Crippen molar-refractivity contribution in [2.75, 3.05) is 0 Å². The van der Waals surface area contributed by atoms with Crippen LogP contribution in [0.25, 0.3) is 17.2 Å². The SMILES string of the molecule is Cc1cccc(COc2ccn3nc(-c4ccccn4)nc3c2)n1. The highest BCUT2D eigenvalue weighted by Crippen LogP contribution is 2.18. The number of hydrogen-bond acceptors (Lipinski definition) is 5. The quantitative estimate of drug-likeness (QED) is 0.579. The molecule has 0 aliphatic rings. The van der Waals surface area contributed by atoms with E-state index in [1.54, 1.807) is 10.7 Å². The van der Waals surface area contributed by atoms with Crippen LogP contribution >= 0.6 is 0 Å². The highest BCUT2D eigenvalue weighted by Gasteiger charge is 2.08. The molecule has 6 heteroatoms. The maximum atomic E-state index is 5.81. The van der Waals surface area contributed by atoms with Crippen LogP contribution in [0.2, 0.25) is 0 Å². The summed E-state index contributed by atoms with van der Waals surface area (Å²) >= 11 is 0. The first-order valence-electron chi connectivity index (χ1n) is 7.61. The molecule has 4 aromatic rings. The van der Waals surface area contributed by atoms with Gasteiger partial charge in [-0.15, -0.1) is 5.10 Å². The van der Waals surface area contributed by atoms with Crippen molar-refractivity contribution in [3.05, 3.63) is 72.3 Å². The lowest BCUT2D eigenvalue weighted by Crippen LogP contribution is -1.99. The average molecular weight is 317 g/mol. The summed E-state index contributed by atoms with van der Waals surface area (Å²) in [5.41, 5.74) is 3.33. The highest BCUT2D eigenvalue weighted by atomic mass is 16.5. The summed E-state index contributed by atoms with van der Waals surface area (Å²) in [6, 6.07) is 15.3. The summed E-state index contributed by atoms with van der Waals surface area (Å²) in [5, 5.41) is 4.43. The van der Waals surface area contributed by atoms with Crippen LogP contribution in [0.3, 0.4) is 0 Å². The fourth-order valence-electron chi connectivity index (χ4n) is 2.39. The largest absolute Gasteiger partial charge is 0.487 e. The number of aryl methyl sites for hydroxylation is 1. The summed E-state index contributed by atoms with van der Waals surface area (Å²) in [6.07, 6.45) is 3.55. The zero-order valence-electron chi connectivity index (χ0n) is 13.1. The van der Waals surface area contributed by atoms with E-state index in [9.17, 15) is 0 Å². The van der Waals surface area contributed by atoms with Crippen molar-refractivity contribution >= 4 is 5.65 Å². The molecule has 0 aliphatic carbocycles. The van der Waals surface area contributed by atoms with E-state index >= 15 is 0 Å². The number of aromatic nitrogens is 5. The molecule has 0 fully saturated rings. The molecule has 0 atom stereocenters. The van der Waals surface area contributed by atoms with Gasteiger partial charge in [-0.05, 0) is 37.3 Å². The Morgan fingerprint density at radius 3 is 2.83 bits per heavy atom. The Balaban J connectivity index is 1.57. The second kappa shape index (κ2) is 6.08. The van der Waals surface area contributed by atoms with E-state index in [2.05, 4.69) is 20.1 Å². The molecule has 0 saturated carbocycles. The van der Waals surface area contributed by atoms with Gasteiger partial charge < -0.3 is 4.74 Å². The van der Waals surface area contributed by atoms with E-state index in [0.717, 1.165) is 22.8 Å². The van der Waals surface area contributed by atoms with Gasteiger partial charge in [0.15, 0.2) is 5.65 Å². The highest BCUT2D eigenvalue weighted by molar-refractivity contribution is 5.54. The third kappa shape index (κ3) is 2.94. The molecule has 4 rings (SSSR count). The van der Waals surface area contributed by atoms with Crippen molar-refractivity contribution in [3.63, 3.8) is 0 Å². The molecule has 0 amide bonds. The first-order chi connectivity index (χ1) is 11.8. The maximum Gasteiger partial charge on any atom is 0.200 e. The molecule has 0 aliphatic heterocycles. The molecule has 0 spiro atoms. The molecular formula is C18H15N5O. The molecule has 0 saturated heterocycles. The molecule has 0 N–H and O–H groups in total. The molecule has 4 aromatic heterocycles. The van der Waals surface area contributed by atoms with E-state index in [0.29, 0.717) is 18.1 Å². The fraction of sp³-hybridized carbons (Fsp3) is 0.111. The van der Waals surface area contributed by atoms with E-state index in [1.807, 2.05) is 61.7 Å². The predicted octanol–water partition coefficient (Wildman–Crippen LogP) is 3.07. The second-order valence-electron chi connectivity index (χ2n) is 5.37. The fourth-order valence-corrected chi connectivity index (χ4v) is 2.39. The van der Waals surface area contributed by atoms with E-state index in [4.69, 9.17) is 4.74 Å². The van der Waals surface area contributed by atoms with Crippen LogP contribution in [0.1, 0.15) is 11.4 Å². The van der Waals surface area contributed by atoms with Gasteiger partial charge in [-0.2, -0.15) is 0 Å². The molecule has 0 aromatic carbocycles. The third-order valence-electron chi connectivity index (χ3n) is 3.54. The standard InChI is InChI=1S/C18H15N5O/c1-13-5-4-6-14(20-13)12-24-15-8-10-23-17(11-15)21-18(22-23)16-7-2-3-9-19-16/h2-11H,12H2,1H3. The second-order valence-corrected chi connectivity index (χ2v) is 5.37. The number of pyridine rings is 3. The summed E-state index contributed by atoms with van der Waals surface area (Å²) < 4.78 is 7.52. The number of hydrogen-bond donors (Lipinski definition) is 0. The zero-order chi connectivity index (χ0) is 16.4. The topological polar surface area (TPSA) is 65.2 Å². The monoisotopic (exact) mass is 317 g/mol. The van der Waals surface area contributed by atoms with Crippen molar-refractivity contribution in [2.45, 2.75) is 13.5 Å². The Labute approximate surface area is 138 Å². The minimum atomic E-state index is 0.416. The summed E-state index contributed by atoms with van der Waals surface area (Å²) in [6.45, 7) is 2.38. The van der Waals surface area contributed by atoms with Crippen LogP contribution in [-0.4, -0.2) is 24.6 Å². The molecule has 4 heterocycles. The number of rotatable bonds is 4. The minimum absolute atomic E-state index is 0.416. The van der Waals surface area contributed by atoms with E-state index < -0.39 is 0 Å². The van der Waals surface area contributed by atoms with Gasteiger partial charge in [-0.3, -0.25) is 9.97 Å².